The Hall–Kier alpha value is -1.85. The van der Waals surface area contributed by atoms with Gasteiger partial charge in [-0.15, -0.1) is 0 Å². The molecular weight excluding hydrogens is 234 g/mol. The number of carbonyl (C=O) groups is 2. The number of piperazine rings is 1. The minimum absolute atomic E-state index is 0.0269. The van der Waals surface area contributed by atoms with Crippen LogP contribution in [0.25, 0.3) is 0 Å². The van der Waals surface area contributed by atoms with Gasteiger partial charge in [0.2, 0.25) is 11.8 Å². The van der Waals surface area contributed by atoms with Crippen molar-refractivity contribution in [1.29, 1.82) is 0 Å². The number of amides is 2. The number of nitrogens with zero attached hydrogens (tertiary/aromatic N) is 2. The molecule has 6 nitrogen and oxygen atoms in total. The van der Waals surface area contributed by atoms with E-state index in [1.807, 2.05) is 6.92 Å². The Kier molecular flexibility index (Phi) is 2.39. The van der Waals surface area contributed by atoms with Crippen molar-refractivity contribution in [2.24, 2.45) is 5.92 Å². The number of aromatic nitrogens is 1. The molecule has 1 saturated heterocycles. The Labute approximate surface area is 104 Å². The van der Waals surface area contributed by atoms with E-state index in [1.54, 1.807) is 6.07 Å². The van der Waals surface area contributed by atoms with Gasteiger partial charge < -0.3 is 14.7 Å². The van der Waals surface area contributed by atoms with Crippen LogP contribution in [0.3, 0.4) is 0 Å². The van der Waals surface area contributed by atoms with Crippen molar-refractivity contribution in [2.75, 3.05) is 6.54 Å². The standard InChI is InChI=1S/C12H15N3O3/c1-12(8-2-3-8)11(17)15(7-10(16)14-12)6-9-4-5-13-18-9/h4-5,8H,2-3,6-7H2,1H3,(H,14,16). The van der Waals surface area contributed by atoms with Crippen LogP contribution in [-0.2, 0) is 16.1 Å². The first-order valence-corrected chi connectivity index (χ1v) is 6.09. The molecular formula is C12H15N3O3. The lowest BCUT2D eigenvalue weighted by atomic mass is 9.91. The predicted molar refractivity (Wildman–Crippen MR) is 61.2 cm³/mol. The van der Waals surface area contributed by atoms with E-state index in [-0.39, 0.29) is 24.3 Å². The molecule has 0 aromatic carbocycles. The molecule has 2 amide bonds. The van der Waals surface area contributed by atoms with Gasteiger partial charge in [0.05, 0.1) is 12.7 Å². The van der Waals surface area contributed by atoms with Crippen LogP contribution in [-0.4, -0.2) is 34.0 Å². The average Bonchev–Trinajstić information content (AvgIpc) is 3.06. The number of carbonyl (C=O) groups excluding carboxylic acids is 2. The van der Waals surface area contributed by atoms with Gasteiger partial charge in [-0.1, -0.05) is 5.16 Å². The first kappa shape index (κ1) is 11.3. The summed E-state index contributed by atoms with van der Waals surface area (Å²) in [5.41, 5.74) is -0.741. The van der Waals surface area contributed by atoms with Crippen molar-refractivity contribution in [3.05, 3.63) is 18.0 Å². The molecule has 1 N–H and O–H groups in total. The summed E-state index contributed by atoms with van der Waals surface area (Å²) in [7, 11) is 0. The van der Waals surface area contributed by atoms with E-state index in [4.69, 9.17) is 4.52 Å². The van der Waals surface area contributed by atoms with E-state index < -0.39 is 5.54 Å². The van der Waals surface area contributed by atoms with E-state index in [0.717, 1.165) is 12.8 Å². The smallest absolute Gasteiger partial charge is 0.249 e. The molecule has 1 aromatic heterocycles. The number of rotatable bonds is 3. The van der Waals surface area contributed by atoms with Gasteiger partial charge in [-0.05, 0) is 25.7 Å². The van der Waals surface area contributed by atoms with Crippen molar-refractivity contribution in [1.82, 2.24) is 15.4 Å². The fourth-order valence-electron chi connectivity index (χ4n) is 2.53. The lowest BCUT2D eigenvalue weighted by molar-refractivity contribution is -0.151. The summed E-state index contributed by atoms with van der Waals surface area (Å²) in [6.07, 6.45) is 3.53. The van der Waals surface area contributed by atoms with Gasteiger partial charge in [0.25, 0.3) is 0 Å². The summed E-state index contributed by atoms with van der Waals surface area (Å²) < 4.78 is 4.99. The highest BCUT2D eigenvalue weighted by Crippen LogP contribution is 2.41. The minimum atomic E-state index is -0.741. The van der Waals surface area contributed by atoms with Gasteiger partial charge >= 0.3 is 0 Å². The lowest BCUT2D eigenvalue weighted by Gasteiger charge is -2.39. The van der Waals surface area contributed by atoms with Gasteiger partial charge in [-0.25, -0.2) is 0 Å². The maximum atomic E-state index is 12.4. The average molecular weight is 249 g/mol. The Balaban J connectivity index is 1.81. The van der Waals surface area contributed by atoms with Crippen LogP contribution in [0, 0.1) is 5.92 Å². The quantitative estimate of drug-likeness (QED) is 0.836. The second kappa shape index (κ2) is 3.83. The summed E-state index contributed by atoms with van der Waals surface area (Å²) >= 11 is 0. The van der Waals surface area contributed by atoms with Crippen LogP contribution in [0.5, 0.6) is 0 Å². The molecule has 0 bridgehead atoms. The van der Waals surface area contributed by atoms with Crippen LogP contribution in [0.15, 0.2) is 16.8 Å². The number of hydrogen-bond donors (Lipinski definition) is 1. The zero-order chi connectivity index (χ0) is 12.8. The Morgan fingerprint density at radius 1 is 1.56 bits per heavy atom. The van der Waals surface area contributed by atoms with Crippen LogP contribution in [0.2, 0.25) is 0 Å². The van der Waals surface area contributed by atoms with Crippen molar-refractivity contribution in [2.45, 2.75) is 31.8 Å². The Morgan fingerprint density at radius 2 is 2.33 bits per heavy atom. The van der Waals surface area contributed by atoms with Gasteiger partial charge in [0, 0.05) is 6.07 Å². The van der Waals surface area contributed by atoms with Gasteiger partial charge in [-0.2, -0.15) is 0 Å². The van der Waals surface area contributed by atoms with Crippen molar-refractivity contribution in [3.63, 3.8) is 0 Å². The molecule has 1 aliphatic heterocycles. The van der Waals surface area contributed by atoms with Crippen molar-refractivity contribution < 1.29 is 14.1 Å². The minimum Gasteiger partial charge on any atom is -0.360 e. The summed E-state index contributed by atoms with van der Waals surface area (Å²) in [5, 5.41) is 6.44. The highest BCUT2D eigenvalue weighted by Gasteiger charge is 2.52. The second-order valence-electron chi connectivity index (χ2n) is 5.16. The third-order valence-corrected chi connectivity index (χ3v) is 3.70. The fraction of sp³-hybridized carbons (Fsp3) is 0.583. The summed E-state index contributed by atoms with van der Waals surface area (Å²) in [4.78, 5) is 25.7. The monoisotopic (exact) mass is 249 g/mol. The maximum Gasteiger partial charge on any atom is 0.249 e. The first-order chi connectivity index (χ1) is 8.59. The molecule has 2 heterocycles. The number of hydrogen-bond acceptors (Lipinski definition) is 4. The Bertz CT molecular complexity index is 481. The van der Waals surface area contributed by atoms with Gasteiger partial charge in [-0.3, -0.25) is 9.59 Å². The van der Waals surface area contributed by atoms with Crippen LogP contribution < -0.4 is 5.32 Å². The van der Waals surface area contributed by atoms with E-state index in [1.165, 1.54) is 11.1 Å². The Morgan fingerprint density at radius 3 is 2.94 bits per heavy atom. The first-order valence-electron chi connectivity index (χ1n) is 6.09. The fourth-order valence-corrected chi connectivity index (χ4v) is 2.53. The molecule has 1 saturated carbocycles. The predicted octanol–water partition coefficient (Wildman–Crippen LogP) is 0.302. The molecule has 2 aliphatic rings. The van der Waals surface area contributed by atoms with Crippen molar-refractivity contribution >= 4 is 11.8 Å². The van der Waals surface area contributed by atoms with E-state index >= 15 is 0 Å². The summed E-state index contributed by atoms with van der Waals surface area (Å²) in [6.45, 7) is 2.20. The second-order valence-corrected chi connectivity index (χ2v) is 5.16. The van der Waals surface area contributed by atoms with E-state index in [2.05, 4.69) is 10.5 Å². The largest absolute Gasteiger partial charge is 0.360 e. The molecule has 1 aromatic rings. The molecule has 0 radical (unpaired) electrons. The third-order valence-electron chi connectivity index (χ3n) is 3.70. The maximum absolute atomic E-state index is 12.4. The third kappa shape index (κ3) is 1.77. The molecule has 0 spiro atoms. The molecule has 18 heavy (non-hydrogen) atoms. The summed E-state index contributed by atoms with van der Waals surface area (Å²) in [5.74, 6) is 0.729. The normalized spacial score (nSPS) is 28.4. The highest BCUT2D eigenvalue weighted by atomic mass is 16.5. The molecule has 96 valence electrons. The van der Waals surface area contributed by atoms with Crippen molar-refractivity contribution in [3.8, 4) is 0 Å². The molecule has 1 unspecified atom stereocenters. The molecule has 3 rings (SSSR count). The number of nitrogens with one attached hydrogen (secondary N) is 1. The molecule has 6 heteroatoms. The highest BCUT2D eigenvalue weighted by molar-refractivity contribution is 5.98. The summed E-state index contributed by atoms with van der Waals surface area (Å²) in [6, 6.07) is 1.70. The zero-order valence-electron chi connectivity index (χ0n) is 10.2. The van der Waals surface area contributed by atoms with E-state index in [9.17, 15) is 9.59 Å². The van der Waals surface area contributed by atoms with Gasteiger partial charge in [0.15, 0.2) is 5.76 Å². The zero-order valence-corrected chi connectivity index (χ0v) is 10.2. The lowest BCUT2D eigenvalue weighted by Crippen LogP contribution is -2.66. The van der Waals surface area contributed by atoms with Crippen LogP contribution in [0.1, 0.15) is 25.5 Å². The SMILES string of the molecule is CC1(C2CC2)NC(=O)CN(Cc2ccno2)C1=O. The van der Waals surface area contributed by atoms with Crippen LogP contribution >= 0.6 is 0 Å². The van der Waals surface area contributed by atoms with E-state index in [0.29, 0.717) is 12.3 Å². The van der Waals surface area contributed by atoms with Gasteiger partial charge in [0.1, 0.15) is 12.1 Å². The molecule has 1 atom stereocenters. The topological polar surface area (TPSA) is 75.4 Å². The molecule has 2 fully saturated rings. The molecule has 1 aliphatic carbocycles. The van der Waals surface area contributed by atoms with Crippen LogP contribution in [0.4, 0.5) is 0 Å².